The topological polar surface area (TPSA) is 64.6 Å². The summed E-state index contributed by atoms with van der Waals surface area (Å²) in [6.45, 7) is 3.72. The molecule has 1 amide bonds. The van der Waals surface area contributed by atoms with Crippen LogP contribution in [0.15, 0.2) is 48.5 Å². The van der Waals surface area contributed by atoms with Gasteiger partial charge in [-0.3, -0.25) is 4.79 Å². The number of ether oxygens (including phenoxy) is 2. The zero-order valence-electron chi connectivity index (χ0n) is 14.1. The first-order valence-electron chi connectivity index (χ1n) is 7.95. The average Bonchev–Trinajstić information content (AvgIpc) is 2.60. The molecule has 0 saturated heterocycles. The van der Waals surface area contributed by atoms with E-state index in [-0.39, 0.29) is 12.6 Å². The molecule has 6 heteroatoms. The van der Waals surface area contributed by atoms with Gasteiger partial charge in [-0.2, -0.15) is 0 Å². The van der Waals surface area contributed by atoms with Crippen molar-refractivity contribution in [3.63, 3.8) is 0 Å². The molecule has 0 radical (unpaired) electrons. The van der Waals surface area contributed by atoms with Gasteiger partial charge in [0.25, 0.3) is 5.91 Å². The zero-order chi connectivity index (χ0) is 18.2. The van der Waals surface area contributed by atoms with Crippen LogP contribution in [0.4, 0.5) is 0 Å². The number of benzene rings is 2. The normalized spacial score (nSPS) is 11.5. The van der Waals surface area contributed by atoms with E-state index in [9.17, 15) is 9.59 Å². The van der Waals surface area contributed by atoms with Gasteiger partial charge >= 0.3 is 5.97 Å². The number of esters is 1. The number of hydrogen-bond donors (Lipinski definition) is 1. The van der Waals surface area contributed by atoms with Crippen LogP contribution < -0.4 is 10.1 Å². The Morgan fingerprint density at radius 1 is 1.16 bits per heavy atom. The molecule has 2 rings (SSSR count). The van der Waals surface area contributed by atoms with E-state index < -0.39 is 11.9 Å². The third kappa shape index (κ3) is 5.50. The second-order valence-electron chi connectivity index (χ2n) is 5.35. The number of nitrogens with one attached hydrogen (secondary N) is 1. The number of amides is 1. The second kappa shape index (κ2) is 9.08. The number of para-hydroxylation sites is 1. The highest BCUT2D eigenvalue weighted by atomic mass is 35.5. The van der Waals surface area contributed by atoms with E-state index in [1.54, 1.807) is 36.4 Å². The molecule has 0 bridgehead atoms. The number of hydrogen-bond acceptors (Lipinski definition) is 4. The first kappa shape index (κ1) is 18.8. The van der Waals surface area contributed by atoms with Gasteiger partial charge in [0.15, 0.2) is 6.61 Å². The van der Waals surface area contributed by atoms with Gasteiger partial charge in [-0.15, -0.1) is 0 Å². The van der Waals surface area contributed by atoms with Gasteiger partial charge in [-0.05, 0) is 43.7 Å². The van der Waals surface area contributed by atoms with Crippen LogP contribution in [0, 0.1) is 0 Å². The van der Waals surface area contributed by atoms with E-state index in [0.29, 0.717) is 22.9 Å². The SMILES string of the molecule is CCOc1ccccc1C(=O)OCC(=O)N[C@@H](C)c1cccc(Cl)c1. The van der Waals surface area contributed by atoms with Crippen LogP contribution in [0.3, 0.4) is 0 Å². The highest BCUT2D eigenvalue weighted by Gasteiger charge is 2.16. The van der Waals surface area contributed by atoms with Gasteiger partial charge < -0.3 is 14.8 Å². The highest BCUT2D eigenvalue weighted by Crippen LogP contribution is 2.19. The molecule has 0 saturated carbocycles. The summed E-state index contributed by atoms with van der Waals surface area (Å²) in [5, 5.41) is 3.36. The average molecular weight is 362 g/mol. The maximum absolute atomic E-state index is 12.1. The van der Waals surface area contributed by atoms with Crippen molar-refractivity contribution in [3.05, 3.63) is 64.7 Å². The Morgan fingerprint density at radius 2 is 1.92 bits per heavy atom. The van der Waals surface area contributed by atoms with Crippen molar-refractivity contribution in [2.75, 3.05) is 13.2 Å². The minimum absolute atomic E-state index is 0.249. The number of halogens is 1. The summed E-state index contributed by atoms with van der Waals surface area (Å²) in [7, 11) is 0. The Hall–Kier alpha value is -2.53. The highest BCUT2D eigenvalue weighted by molar-refractivity contribution is 6.30. The molecule has 1 N–H and O–H groups in total. The van der Waals surface area contributed by atoms with Crippen LogP contribution in [0.2, 0.25) is 5.02 Å². The Labute approximate surface area is 151 Å². The second-order valence-corrected chi connectivity index (χ2v) is 5.79. The molecule has 0 heterocycles. The molecule has 132 valence electrons. The van der Waals surface area contributed by atoms with Crippen molar-refractivity contribution in [1.82, 2.24) is 5.32 Å². The minimum atomic E-state index is -0.602. The Bertz CT molecular complexity index is 748. The molecule has 2 aromatic rings. The minimum Gasteiger partial charge on any atom is -0.493 e. The molecule has 0 aliphatic carbocycles. The maximum atomic E-state index is 12.1. The lowest BCUT2D eigenvalue weighted by Gasteiger charge is -2.15. The summed E-state index contributed by atoms with van der Waals surface area (Å²) >= 11 is 5.94. The molecular weight excluding hydrogens is 342 g/mol. The van der Waals surface area contributed by atoms with E-state index in [4.69, 9.17) is 21.1 Å². The summed E-state index contributed by atoms with van der Waals surface area (Å²) in [6, 6.07) is 13.7. The van der Waals surface area contributed by atoms with Crippen molar-refractivity contribution in [1.29, 1.82) is 0 Å². The fourth-order valence-corrected chi connectivity index (χ4v) is 2.47. The van der Waals surface area contributed by atoms with Gasteiger partial charge in [-0.1, -0.05) is 35.9 Å². The van der Waals surface area contributed by atoms with Crippen LogP contribution in [0.25, 0.3) is 0 Å². The molecule has 5 nitrogen and oxygen atoms in total. The predicted octanol–water partition coefficient (Wildman–Crippen LogP) is 3.77. The van der Waals surface area contributed by atoms with Crippen molar-refractivity contribution in [2.45, 2.75) is 19.9 Å². The molecule has 0 aliphatic heterocycles. The monoisotopic (exact) mass is 361 g/mol. The van der Waals surface area contributed by atoms with Crippen LogP contribution >= 0.6 is 11.6 Å². The third-order valence-electron chi connectivity index (χ3n) is 3.47. The van der Waals surface area contributed by atoms with Gasteiger partial charge in [0.05, 0.1) is 12.6 Å². The number of carbonyl (C=O) groups is 2. The lowest BCUT2D eigenvalue weighted by Crippen LogP contribution is -2.31. The molecule has 0 fully saturated rings. The third-order valence-corrected chi connectivity index (χ3v) is 3.70. The first-order valence-corrected chi connectivity index (χ1v) is 8.32. The van der Waals surface area contributed by atoms with E-state index >= 15 is 0 Å². The quantitative estimate of drug-likeness (QED) is 0.762. The van der Waals surface area contributed by atoms with E-state index in [1.807, 2.05) is 26.0 Å². The summed E-state index contributed by atoms with van der Waals surface area (Å²) in [6.07, 6.45) is 0. The van der Waals surface area contributed by atoms with Crippen molar-refractivity contribution in [2.24, 2.45) is 0 Å². The zero-order valence-corrected chi connectivity index (χ0v) is 14.9. The first-order chi connectivity index (χ1) is 12.0. The predicted molar refractivity (Wildman–Crippen MR) is 95.9 cm³/mol. The number of rotatable bonds is 7. The van der Waals surface area contributed by atoms with Gasteiger partial charge in [-0.25, -0.2) is 4.79 Å². The summed E-state index contributed by atoms with van der Waals surface area (Å²) in [5.74, 6) is -0.563. The molecule has 2 aromatic carbocycles. The van der Waals surface area contributed by atoms with E-state index in [1.165, 1.54) is 0 Å². The van der Waals surface area contributed by atoms with Gasteiger partial charge in [0.1, 0.15) is 11.3 Å². The Balaban J connectivity index is 1.90. The van der Waals surface area contributed by atoms with Crippen molar-refractivity contribution >= 4 is 23.5 Å². The lowest BCUT2D eigenvalue weighted by molar-refractivity contribution is -0.124. The molecular formula is C19H20ClNO4. The lowest BCUT2D eigenvalue weighted by atomic mass is 10.1. The molecule has 0 aromatic heterocycles. The van der Waals surface area contributed by atoms with Crippen molar-refractivity contribution < 1.29 is 19.1 Å². The molecule has 0 unspecified atom stereocenters. The smallest absolute Gasteiger partial charge is 0.342 e. The largest absolute Gasteiger partial charge is 0.493 e. The van der Waals surface area contributed by atoms with E-state index in [2.05, 4.69) is 5.32 Å². The van der Waals surface area contributed by atoms with Crippen LogP contribution in [0.5, 0.6) is 5.75 Å². The maximum Gasteiger partial charge on any atom is 0.342 e. The number of carbonyl (C=O) groups excluding carboxylic acids is 2. The van der Waals surface area contributed by atoms with Crippen LogP contribution in [-0.4, -0.2) is 25.1 Å². The van der Waals surface area contributed by atoms with Gasteiger partial charge in [0, 0.05) is 5.02 Å². The fourth-order valence-electron chi connectivity index (χ4n) is 2.27. The van der Waals surface area contributed by atoms with Gasteiger partial charge in [0.2, 0.25) is 0 Å². The van der Waals surface area contributed by atoms with Crippen LogP contribution in [-0.2, 0) is 9.53 Å². The summed E-state index contributed by atoms with van der Waals surface area (Å²) < 4.78 is 10.5. The molecule has 1 atom stereocenters. The summed E-state index contributed by atoms with van der Waals surface area (Å²) in [4.78, 5) is 24.2. The Kier molecular flexibility index (Phi) is 6.83. The molecule has 0 aliphatic rings. The molecule has 0 spiro atoms. The Morgan fingerprint density at radius 3 is 2.64 bits per heavy atom. The summed E-state index contributed by atoms with van der Waals surface area (Å²) in [5.41, 5.74) is 1.16. The van der Waals surface area contributed by atoms with Crippen molar-refractivity contribution in [3.8, 4) is 5.75 Å². The molecule has 25 heavy (non-hydrogen) atoms. The van der Waals surface area contributed by atoms with E-state index in [0.717, 1.165) is 5.56 Å². The standard InChI is InChI=1S/C19H20ClNO4/c1-3-24-17-10-5-4-9-16(17)19(23)25-12-18(22)21-13(2)14-7-6-8-15(20)11-14/h4-11,13H,3,12H2,1-2H3,(H,21,22)/t13-/m0/s1. The fraction of sp³-hybridized carbons (Fsp3) is 0.263. The van der Waals surface area contributed by atoms with Crippen LogP contribution in [0.1, 0.15) is 35.8 Å².